The topological polar surface area (TPSA) is 42.3 Å². The third-order valence-corrected chi connectivity index (χ3v) is 11.4. The smallest absolute Gasteiger partial charge is 0.192 e. The highest BCUT2D eigenvalue weighted by Crippen LogP contribution is 2.38. The lowest BCUT2D eigenvalue weighted by Gasteiger charge is -2.39. The van der Waals surface area contributed by atoms with E-state index < -0.39 is 20.0 Å². The van der Waals surface area contributed by atoms with E-state index in [1.807, 2.05) is 30.1 Å². The van der Waals surface area contributed by atoms with Crippen LogP contribution in [0.3, 0.4) is 0 Å². The molecule has 34 heavy (non-hydrogen) atoms. The minimum Gasteiger partial charge on any atom is -0.414 e. The highest BCUT2D eigenvalue weighted by Gasteiger charge is 2.39. The summed E-state index contributed by atoms with van der Waals surface area (Å²) in [6.07, 6.45) is 7.88. The first-order valence-corrected chi connectivity index (χ1v) is 14.8. The van der Waals surface area contributed by atoms with Crippen LogP contribution in [0.2, 0.25) is 18.1 Å². The molecule has 0 fully saturated rings. The summed E-state index contributed by atoms with van der Waals surface area (Å²) < 4.78 is 35.8. The van der Waals surface area contributed by atoms with Crippen molar-refractivity contribution in [2.45, 2.75) is 77.7 Å². The van der Waals surface area contributed by atoms with Gasteiger partial charge in [-0.25, -0.2) is 13.5 Å². The zero-order chi connectivity index (χ0) is 25.3. The number of likely N-dealkylation sites (N-methyl/N-ethyl adjacent to an activating group) is 1. The van der Waals surface area contributed by atoms with E-state index in [1.165, 1.54) is 6.07 Å². The number of hydrogen-bond donors (Lipinski definition) is 1. The van der Waals surface area contributed by atoms with Crippen molar-refractivity contribution in [3.05, 3.63) is 59.9 Å². The summed E-state index contributed by atoms with van der Waals surface area (Å²) in [6, 6.07) is 5.95. The summed E-state index contributed by atoms with van der Waals surface area (Å²) in [5, 5.41) is 8.02. The maximum Gasteiger partial charge on any atom is 0.192 e. The second-order valence-electron chi connectivity index (χ2n) is 10.6. The number of benzene rings is 1. The Morgan fingerprint density at radius 1 is 1.18 bits per heavy atom. The molecule has 0 aliphatic carbocycles. The van der Waals surface area contributed by atoms with E-state index in [4.69, 9.17) is 9.52 Å². The van der Waals surface area contributed by atoms with Crippen LogP contribution < -0.4 is 5.32 Å². The molecule has 2 heterocycles. The molecular weight excluding hydrogens is 450 g/mol. The van der Waals surface area contributed by atoms with Gasteiger partial charge in [-0.2, -0.15) is 0 Å². The van der Waals surface area contributed by atoms with E-state index in [9.17, 15) is 8.78 Å². The van der Waals surface area contributed by atoms with Crippen LogP contribution in [0.4, 0.5) is 20.3 Å². The Morgan fingerprint density at radius 3 is 2.47 bits per heavy atom. The van der Waals surface area contributed by atoms with E-state index >= 15 is 0 Å². The fourth-order valence-electron chi connectivity index (χ4n) is 3.56. The van der Waals surface area contributed by atoms with Gasteiger partial charge >= 0.3 is 0 Å². The average molecular weight is 489 g/mol. The molecule has 0 amide bonds. The molecule has 1 N–H and O–H groups in total. The SMILES string of the molecule is CC[C@H](Cc1cc(Nc2ccc(F)c(F)c2)nn1C1=CC(C)N(C)C=C1)O[Si](C)(C)C(C)(C)C. The molecule has 0 saturated heterocycles. The monoisotopic (exact) mass is 488 g/mol. The first-order valence-electron chi connectivity index (χ1n) is 11.9. The molecule has 0 bridgehead atoms. The summed E-state index contributed by atoms with van der Waals surface area (Å²) in [6.45, 7) is 15.6. The van der Waals surface area contributed by atoms with Crippen molar-refractivity contribution in [2.75, 3.05) is 12.4 Å². The van der Waals surface area contributed by atoms with Crippen LogP contribution in [-0.4, -0.2) is 42.2 Å². The molecular formula is C26H38F2N4OSi. The molecule has 3 rings (SSSR count). The number of halogens is 2. The summed E-state index contributed by atoms with van der Waals surface area (Å²) in [7, 11) is 0.0930. The molecule has 2 aromatic rings. The Kier molecular flexibility index (Phi) is 7.72. The molecule has 186 valence electrons. The predicted molar refractivity (Wildman–Crippen MR) is 139 cm³/mol. The van der Waals surface area contributed by atoms with Crippen LogP contribution in [0, 0.1) is 11.6 Å². The van der Waals surface area contributed by atoms with Crippen molar-refractivity contribution < 1.29 is 13.2 Å². The number of nitrogens with zero attached hydrogens (tertiary/aromatic N) is 3. The van der Waals surface area contributed by atoms with Crippen molar-refractivity contribution in [2.24, 2.45) is 0 Å². The summed E-state index contributed by atoms with van der Waals surface area (Å²) in [5.74, 6) is -1.20. The summed E-state index contributed by atoms with van der Waals surface area (Å²) in [5.41, 5.74) is 2.42. The molecule has 0 saturated carbocycles. The first kappa shape index (κ1) is 26.2. The molecule has 1 aromatic heterocycles. The molecule has 1 aliphatic rings. The Bertz CT molecular complexity index is 1070. The van der Waals surface area contributed by atoms with Crippen LogP contribution in [0.15, 0.2) is 42.6 Å². The van der Waals surface area contributed by atoms with Gasteiger partial charge in [0, 0.05) is 49.2 Å². The Hall–Kier alpha value is -2.45. The lowest BCUT2D eigenvalue weighted by Crippen LogP contribution is -2.44. The largest absolute Gasteiger partial charge is 0.414 e. The van der Waals surface area contributed by atoms with Crippen LogP contribution in [0.25, 0.3) is 5.70 Å². The number of anilines is 2. The van der Waals surface area contributed by atoms with Crippen LogP contribution >= 0.6 is 0 Å². The van der Waals surface area contributed by atoms with Crippen LogP contribution in [0.5, 0.6) is 0 Å². The summed E-state index contributed by atoms with van der Waals surface area (Å²) >= 11 is 0. The summed E-state index contributed by atoms with van der Waals surface area (Å²) in [4.78, 5) is 2.13. The second kappa shape index (κ2) is 10.0. The van der Waals surface area contributed by atoms with Crippen molar-refractivity contribution in [1.29, 1.82) is 0 Å². The molecule has 2 atom stereocenters. The maximum absolute atomic E-state index is 13.7. The standard InChI is InChI=1S/C26H38F2N4OSi/c1-9-22(33-34(7,8)26(3,4)5)16-21-17-25(29-19-10-11-23(27)24(28)15-19)30-32(21)20-12-13-31(6)18(2)14-20/h10-15,17-18,22H,9,16H2,1-8H3,(H,29,30)/t18?,22-/m1/s1. The number of rotatable bonds is 8. The molecule has 1 aromatic carbocycles. The van der Waals surface area contributed by atoms with Gasteiger partial charge in [0.15, 0.2) is 25.8 Å². The van der Waals surface area contributed by atoms with Gasteiger partial charge in [0.25, 0.3) is 0 Å². The van der Waals surface area contributed by atoms with Gasteiger partial charge < -0.3 is 14.6 Å². The maximum atomic E-state index is 13.7. The number of nitrogens with one attached hydrogen (secondary N) is 1. The molecule has 0 spiro atoms. The second-order valence-corrected chi connectivity index (χ2v) is 15.4. The first-order chi connectivity index (χ1) is 15.8. The average Bonchev–Trinajstić information content (AvgIpc) is 3.13. The van der Waals surface area contributed by atoms with Gasteiger partial charge in [0.2, 0.25) is 0 Å². The minimum atomic E-state index is -1.94. The van der Waals surface area contributed by atoms with Gasteiger partial charge in [-0.1, -0.05) is 27.7 Å². The molecule has 8 heteroatoms. The normalized spacial score (nSPS) is 17.6. The zero-order valence-corrected chi connectivity index (χ0v) is 22.6. The Morgan fingerprint density at radius 2 is 1.88 bits per heavy atom. The molecule has 1 aliphatic heterocycles. The van der Waals surface area contributed by atoms with Crippen molar-refractivity contribution in [3.63, 3.8) is 0 Å². The van der Waals surface area contributed by atoms with E-state index in [0.717, 1.165) is 29.9 Å². The van der Waals surface area contributed by atoms with Crippen molar-refractivity contribution in [3.8, 4) is 0 Å². The van der Waals surface area contributed by atoms with Crippen molar-refractivity contribution in [1.82, 2.24) is 14.7 Å². The highest BCUT2D eigenvalue weighted by molar-refractivity contribution is 6.74. The molecule has 5 nitrogen and oxygen atoms in total. The van der Waals surface area contributed by atoms with Crippen LogP contribution in [0.1, 0.15) is 46.7 Å². The molecule has 1 unspecified atom stereocenters. The zero-order valence-electron chi connectivity index (χ0n) is 21.6. The third-order valence-electron chi connectivity index (χ3n) is 6.91. The fraction of sp³-hybridized carbons (Fsp3) is 0.500. The van der Waals surface area contributed by atoms with E-state index in [0.29, 0.717) is 17.9 Å². The predicted octanol–water partition coefficient (Wildman–Crippen LogP) is 6.94. The van der Waals surface area contributed by atoms with Gasteiger partial charge in [0.1, 0.15) is 0 Å². The number of aromatic nitrogens is 2. The Labute approximate surface area is 203 Å². The molecule has 0 radical (unpaired) electrons. The highest BCUT2D eigenvalue weighted by atomic mass is 28.4. The van der Waals surface area contributed by atoms with Crippen LogP contribution in [-0.2, 0) is 10.8 Å². The lowest BCUT2D eigenvalue weighted by atomic mass is 10.1. The van der Waals surface area contributed by atoms with Gasteiger partial charge in [-0.3, -0.25) is 0 Å². The van der Waals surface area contributed by atoms with Crippen molar-refractivity contribution >= 4 is 25.5 Å². The minimum absolute atomic E-state index is 0.0562. The van der Waals surface area contributed by atoms with Gasteiger partial charge in [-0.05, 0) is 55.8 Å². The Balaban J connectivity index is 1.94. The van der Waals surface area contributed by atoms with E-state index in [1.54, 1.807) is 0 Å². The third kappa shape index (κ3) is 5.96. The fourth-order valence-corrected chi connectivity index (χ4v) is 5.00. The number of allylic oxidation sites excluding steroid dienone is 2. The van der Waals surface area contributed by atoms with Gasteiger partial charge in [0.05, 0.1) is 11.8 Å². The van der Waals surface area contributed by atoms with E-state index in [2.05, 4.69) is 64.0 Å². The van der Waals surface area contributed by atoms with Gasteiger partial charge in [-0.15, -0.1) is 5.10 Å². The number of hydrogen-bond acceptors (Lipinski definition) is 4. The quantitative estimate of drug-likeness (QED) is 0.409. The lowest BCUT2D eigenvalue weighted by molar-refractivity contribution is 0.174. The van der Waals surface area contributed by atoms with E-state index in [-0.39, 0.29) is 17.2 Å².